The Balaban J connectivity index is 2.25. The molecule has 0 heterocycles. The Morgan fingerprint density at radius 1 is 1.39 bits per heavy atom. The summed E-state index contributed by atoms with van der Waals surface area (Å²) in [4.78, 5) is 0. The molecule has 0 aliphatic heterocycles. The van der Waals surface area contributed by atoms with Crippen molar-refractivity contribution in [1.82, 2.24) is 5.32 Å². The molecule has 0 fully saturated rings. The molecule has 0 saturated carbocycles. The SMILES string of the molecule is CC(C)C(CCCl)NCCOc1cccc(Br)c1. The highest BCUT2D eigenvalue weighted by Crippen LogP contribution is 2.17. The number of hydrogen-bond donors (Lipinski definition) is 1. The first-order chi connectivity index (χ1) is 8.63. The van der Waals surface area contributed by atoms with Crippen LogP contribution in [0.5, 0.6) is 5.75 Å². The Labute approximate surface area is 123 Å². The summed E-state index contributed by atoms with van der Waals surface area (Å²) >= 11 is 9.21. The van der Waals surface area contributed by atoms with Crippen molar-refractivity contribution in [2.24, 2.45) is 5.92 Å². The third-order valence-electron chi connectivity index (χ3n) is 2.80. The Bertz CT molecular complexity index is 346. The largest absolute Gasteiger partial charge is 0.492 e. The molecule has 0 amide bonds. The van der Waals surface area contributed by atoms with Gasteiger partial charge in [-0.05, 0) is 30.5 Å². The maximum Gasteiger partial charge on any atom is 0.120 e. The molecule has 102 valence electrons. The molecule has 2 nitrogen and oxygen atoms in total. The lowest BCUT2D eigenvalue weighted by molar-refractivity contribution is 0.290. The van der Waals surface area contributed by atoms with E-state index in [4.69, 9.17) is 16.3 Å². The van der Waals surface area contributed by atoms with Crippen molar-refractivity contribution < 1.29 is 4.74 Å². The van der Waals surface area contributed by atoms with Gasteiger partial charge in [0, 0.05) is 22.9 Å². The molecule has 1 atom stereocenters. The summed E-state index contributed by atoms with van der Waals surface area (Å²) < 4.78 is 6.71. The predicted molar refractivity (Wildman–Crippen MR) is 81.6 cm³/mol. The van der Waals surface area contributed by atoms with E-state index in [1.54, 1.807) is 0 Å². The molecular formula is C14H21BrClNO. The van der Waals surface area contributed by atoms with E-state index >= 15 is 0 Å². The third kappa shape index (κ3) is 6.07. The molecule has 0 aromatic heterocycles. The summed E-state index contributed by atoms with van der Waals surface area (Å²) in [5.41, 5.74) is 0. The van der Waals surface area contributed by atoms with Crippen LogP contribution in [-0.2, 0) is 0 Å². The summed E-state index contributed by atoms with van der Waals surface area (Å²) in [7, 11) is 0. The number of nitrogens with one attached hydrogen (secondary N) is 1. The van der Waals surface area contributed by atoms with E-state index < -0.39 is 0 Å². The van der Waals surface area contributed by atoms with E-state index in [1.165, 1.54) is 0 Å². The van der Waals surface area contributed by atoms with Crippen molar-refractivity contribution in [2.75, 3.05) is 19.0 Å². The molecule has 1 rings (SSSR count). The number of alkyl halides is 1. The van der Waals surface area contributed by atoms with E-state index in [0.717, 1.165) is 23.2 Å². The van der Waals surface area contributed by atoms with Crippen LogP contribution in [-0.4, -0.2) is 25.1 Å². The van der Waals surface area contributed by atoms with Gasteiger partial charge in [0.1, 0.15) is 12.4 Å². The van der Waals surface area contributed by atoms with Crippen LogP contribution >= 0.6 is 27.5 Å². The van der Waals surface area contributed by atoms with Crippen LogP contribution in [0.4, 0.5) is 0 Å². The van der Waals surface area contributed by atoms with Gasteiger partial charge in [0.15, 0.2) is 0 Å². The lowest BCUT2D eigenvalue weighted by atomic mass is 10.0. The molecule has 1 unspecified atom stereocenters. The van der Waals surface area contributed by atoms with Gasteiger partial charge >= 0.3 is 0 Å². The average molecular weight is 335 g/mol. The van der Waals surface area contributed by atoms with Crippen molar-refractivity contribution in [3.05, 3.63) is 28.7 Å². The topological polar surface area (TPSA) is 21.3 Å². The van der Waals surface area contributed by atoms with Gasteiger partial charge in [0.25, 0.3) is 0 Å². The van der Waals surface area contributed by atoms with Gasteiger partial charge in [-0.2, -0.15) is 0 Å². The molecule has 0 saturated heterocycles. The minimum atomic E-state index is 0.466. The molecule has 0 radical (unpaired) electrons. The van der Waals surface area contributed by atoms with Crippen molar-refractivity contribution in [3.8, 4) is 5.75 Å². The lowest BCUT2D eigenvalue weighted by Crippen LogP contribution is -2.36. The van der Waals surface area contributed by atoms with Crippen molar-refractivity contribution in [2.45, 2.75) is 26.3 Å². The zero-order valence-electron chi connectivity index (χ0n) is 11.0. The van der Waals surface area contributed by atoms with Crippen LogP contribution in [0.2, 0.25) is 0 Å². The molecule has 0 bridgehead atoms. The zero-order valence-corrected chi connectivity index (χ0v) is 13.3. The molecule has 0 aliphatic rings. The van der Waals surface area contributed by atoms with E-state index in [2.05, 4.69) is 35.1 Å². The van der Waals surface area contributed by atoms with Crippen molar-refractivity contribution in [1.29, 1.82) is 0 Å². The van der Waals surface area contributed by atoms with E-state index in [0.29, 0.717) is 24.4 Å². The number of benzene rings is 1. The quantitative estimate of drug-likeness (QED) is 0.571. The number of rotatable bonds is 8. The molecule has 1 N–H and O–H groups in total. The first-order valence-corrected chi connectivity index (χ1v) is 7.64. The van der Waals surface area contributed by atoms with E-state index in [-0.39, 0.29) is 0 Å². The first-order valence-electron chi connectivity index (χ1n) is 6.31. The molecule has 4 heteroatoms. The van der Waals surface area contributed by atoms with Crippen LogP contribution in [0.1, 0.15) is 20.3 Å². The highest BCUT2D eigenvalue weighted by molar-refractivity contribution is 9.10. The highest BCUT2D eigenvalue weighted by atomic mass is 79.9. The van der Waals surface area contributed by atoms with Crippen LogP contribution in [0.25, 0.3) is 0 Å². The fourth-order valence-electron chi connectivity index (χ4n) is 1.76. The average Bonchev–Trinajstić information content (AvgIpc) is 2.33. The second kappa shape index (κ2) is 8.78. The predicted octanol–water partition coefficient (Wildman–Crippen LogP) is 4.07. The van der Waals surface area contributed by atoms with Crippen LogP contribution in [0.15, 0.2) is 28.7 Å². The summed E-state index contributed by atoms with van der Waals surface area (Å²) in [5, 5.41) is 3.48. The minimum absolute atomic E-state index is 0.466. The highest BCUT2D eigenvalue weighted by Gasteiger charge is 2.11. The van der Waals surface area contributed by atoms with E-state index in [9.17, 15) is 0 Å². The fourth-order valence-corrected chi connectivity index (χ4v) is 2.37. The van der Waals surface area contributed by atoms with Crippen LogP contribution in [0, 0.1) is 5.92 Å². The second-order valence-electron chi connectivity index (χ2n) is 4.59. The molecular weight excluding hydrogens is 314 g/mol. The van der Waals surface area contributed by atoms with E-state index in [1.807, 2.05) is 24.3 Å². The number of halogens is 2. The van der Waals surface area contributed by atoms with Gasteiger partial charge in [0.05, 0.1) is 0 Å². The molecule has 1 aromatic carbocycles. The molecule has 0 spiro atoms. The summed E-state index contributed by atoms with van der Waals surface area (Å²) in [6.45, 7) is 5.92. The van der Waals surface area contributed by atoms with Crippen LogP contribution < -0.4 is 10.1 Å². The van der Waals surface area contributed by atoms with Gasteiger partial charge in [-0.15, -0.1) is 11.6 Å². The Morgan fingerprint density at radius 2 is 2.17 bits per heavy atom. The Hall–Kier alpha value is -0.250. The van der Waals surface area contributed by atoms with Gasteiger partial charge < -0.3 is 10.1 Å². The van der Waals surface area contributed by atoms with Gasteiger partial charge in [-0.3, -0.25) is 0 Å². The standard InChI is InChI=1S/C14H21BrClNO/c1-11(2)14(6-7-16)17-8-9-18-13-5-3-4-12(15)10-13/h3-5,10-11,14,17H,6-9H2,1-2H3. The minimum Gasteiger partial charge on any atom is -0.492 e. The maximum atomic E-state index is 5.79. The first kappa shape index (κ1) is 15.8. The second-order valence-corrected chi connectivity index (χ2v) is 5.88. The van der Waals surface area contributed by atoms with Crippen molar-refractivity contribution >= 4 is 27.5 Å². The maximum absolute atomic E-state index is 5.79. The van der Waals surface area contributed by atoms with Gasteiger partial charge in [-0.1, -0.05) is 35.8 Å². The normalized spacial score (nSPS) is 12.7. The molecule has 0 aliphatic carbocycles. The Morgan fingerprint density at radius 3 is 2.78 bits per heavy atom. The van der Waals surface area contributed by atoms with Gasteiger partial charge in [0.2, 0.25) is 0 Å². The number of hydrogen-bond acceptors (Lipinski definition) is 2. The zero-order chi connectivity index (χ0) is 13.4. The third-order valence-corrected chi connectivity index (χ3v) is 3.51. The van der Waals surface area contributed by atoms with Crippen molar-refractivity contribution in [3.63, 3.8) is 0 Å². The lowest BCUT2D eigenvalue weighted by Gasteiger charge is -2.21. The smallest absolute Gasteiger partial charge is 0.120 e. The summed E-state index contributed by atoms with van der Waals surface area (Å²) in [5.74, 6) is 2.18. The molecule has 18 heavy (non-hydrogen) atoms. The van der Waals surface area contributed by atoms with Crippen LogP contribution in [0.3, 0.4) is 0 Å². The monoisotopic (exact) mass is 333 g/mol. The molecule has 1 aromatic rings. The van der Waals surface area contributed by atoms with Gasteiger partial charge in [-0.25, -0.2) is 0 Å². The summed E-state index contributed by atoms with van der Waals surface area (Å²) in [6.07, 6.45) is 0.996. The number of ether oxygens (including phenoxy) is 1. The fraction of sp³-hybridized carbons (Fsp3) is 0.571. The Kier molecular flexibility index (Phi) is 7.71. The summed E-state index contributed by atoms with van der Waals surface area (Å²) in [6, 6.07) is 8.35.